The van der Waals surface area contributed by atoms with Crippen molar-refractivity contribution in [2.45, 2.75) is 175 Å². The predicted molar refractivity (Wildman–Crippen MR) is 259 cm³/mol. The second kappa shape index (κ2) is 52.4. The molecule has 0 aliphatic heterocycles. The fourth-order valence-electron chi connectivity index (χ4n) is 8.81. The monoisotopic (exact) mass is 1270 g/mol. The molecule has 23 heteroatoms. The number of aryl methyl sites for hydroxylation is 4. The Kier molecular flexibility index (Phi) is 59.5. The number of halogens is 13. The van der Waals surface area contributed by atoms with Gasteiger partial charge in [-0.25, -0.2) is 18.3 Å². The molecule has 4 aliphatic carbocycles. The average molecular weight is 1270 g/mol. The molecule has 4 fully saturated rings. The summed E-state index contributed by atoms with van der Waals surface area (Å²) in [6.07, 6.45) is 52.4. The van der Waals surface area contributed by atoms with Gasteiger partial charge in [0.2, 0.25) is 0 Å². The Morgan fingerprint density at radius 2 is 0.608 bits per heavy atom. The Balaban J connectivity index is -0.000000206. The summed E-state index contributed by atoms with van der Waals surface area (Å²) in [7, 11) is -9.23. The van der Waals surface area contributed by atoms with E-state index in [-0.39, 0.29) is 105 Å². The van der Waals surface area contributed by atoms with Gasteiger partial charge in [0.25, 0.3) is 0 Å². The van der Waals surface area contributed by atoms with Gasteiger partial charge in [-0.05, 0) is 46.9 Å². The summed E-state index contributed by atoms with van der Waals surface area (Å²) < 4.78 is 106. The predicted octanol–water partition coefficient (Wildman–Crippen LogP) is 3.26. The van der Waals surface area contributed by atoms with Crippen LogP contribution < -0.4 is 81.2 Å². The van der Waals surface area contributed by atoms with Crippen molar-refractivity contribution in [3.8, 4) is 22.3 Å². The number of nitrogens with zero attached hydrogens (tertiary/aromatic N) is 4. The summed E-state index contributed by atoms with van der Waals surface area (Å²) in [4.78, 5) is 0. The van der Waals surface area contributed by atoms with Crippen molar-refractivity contribution in [1.29, 1.82) is 0 Å². The minimum Gasteiger partial charge on any atom is -1.00 e. The molecule has 74 heavy (non-hydrogen) atoms. The van der Waals surface area contributed by atoms with E-state index in [0.29, 0.717) is 0 Å². The van der Waals surface area contributed by atoms with E-state index in [9.17, 15) is 43.2 Å². The molecule has 4 aromatic heterocycles. The first-order valence-electron chi connectivity index (χ1n) is 24.7. The Morgan fingerprint density at radius 1 is 0.419 bits per heavy atom. The summed E-state index contributed by atoms with van der Waals surface area (Å²) in [6, 6.07) is 17.6. The molecule has 420 valence electrons. The quantitative estimate of drug-likeness (QED) is 0.0682. The van der Waals surface area contributed by atoms with Crippen molar-refractivity contribution in [3.63, 3.8) is 0 Å². The maximum absolute atomic E-state index is 9.75. The van der Waals surface area contributed by atoms with E-state index in [1.54, 1.807) is 0 Å². The van der Waals surface area contributed by atoms with Crippen LogP contribution in [-0.4, -0.2) is 22.3 Å². The van der Waals surface area contributed by atoms with Crippen LogP contribution in [0.15, 0.2) is 98.1 Å². The summed E-state index contributed by atoms with van der Waals surface area (Å²) in [6.45, 7) is 2.30. The first-order chi connectivity index (χ1) is 32.1. The van der Waals surface area contributed by atoms with E-state index >= 15 is 0 Å². The number of rotatable bonds is 12. The molecule has 0 atom stereocenters. The van der Waals surface area contributed by atoms with Gasteiger partial charge < -0.3 is 50.6 Å². The van der Waals surface area contributed by atoms with Crippen LogP contribution in [0.2, 0.25) is 0 Å². The van der Waals surface area contributed by atoms with Gasteiger partial charge in [0.05, 0.1) is 0 Å². The molecular weight excluding hydrogens is 1190 g/mol. The number of pyridine rings is 4. The molecule has 0 aromatic carbocycles. The number of aromatic nitrogens is 4. The van der Waals surface area contributed by atoms with Gasteiger partial charge >= 0.3 is 51.9 Å². The van der Waals surface area contributed by atoms with Gasteiger partial charge in [0, 0.05) is 95.5 Å². The van der Waals surface area contributed by atoms with Crippen molar-refractivity contribution in [2.75, 3.05) is 0 Å². The van der Waals surface area contributed by atoms with Gasteiger partial charge in [-0.2, -0.15) is 0 Å². The maximum atomic E-state index is 9.75. The summed E-state index contributed by atoms with van der Waals surface area (Å²) in [5.41, 5.74) is 5.16. The largest absolute Gasteiger partial charge is 1.00 e. The van der Waals surface area contributed by atoms with E-state index in [0.717, 1.165) is 24.9 Å². The molecule has 0 spiro atoms. The van der Waals surface area contributed by atoms with Gasteiger partial charge in [-0.1, -0.05) is 136 Å². The Bertz CT molecular complexity index is 1640. The van der Waals surface area contributed by atoms with Crippen molar-refractivity contribution in [1.82, 2.24) is 0 Å². The molecule has 4 aromatic rings. The second-order valence-corrected chi connectivity index (χ2v) is 18.0. The van der Waals surface area contributed by atoms with Crippen molar-refractivity contribution >= 4 is 22.3 Å². The average Bonchev–Trinajstić information content (AvgIpc) is 4.15. The van der Waals surface area contributed by atoms with E-state index in [1.165, 1.54) is 176 Å². The van der Waals surface area contributed by atoms with Crippen LogP contribution in [0.4, 0.5) is 43.2 Å². The molecule has 0 N–H and O–H groups in total. The van der Waals surface area contributed by atoms with Crippen LogP contribution in [0.25, 0.3) is 22.3 Å². The summed E-state index contributed by atoms with van der Waals surface area (Å²) in [5, 5.41) is 0. The fraction of sp³-hybridized carbons (Fsp3) is 0.608. The first-order valence-corrected chi connectivity index (χ1v) is 24.7. The Labute approximate surface area is 497 Å². The molecule has 4 aliphatic rings. The SMILES string of the molecule is C.C1CCCC1.C1CCCC1.C[n+]1ccc(-c2cc[n+](CCCCC3CCCC3)cc2)cc1.C[n+]1ccc(-c2cc[n+](CCCCC3CCCC3)cc2)cc1.FB(F)F.FB(F)F.F[B-](F)(F)F.[F-].[F-].[Fe].[Fe].[I-].[Na+]. The zero-order valence-electron chi connectivity index (χ0n) is 42.9. The van der Waals surface area contributed by atoms with Crippen molar-refractivity contribution in [2.24, 2.45) is 25.9 Å². The number of hydrogen-bond donors (Lipinski definition) is 0. The molecule has 0 amide bonds. The maximum Gasteiger partial charge on any atom is 1.00 e. The zero-order valence-corrected chi connectivity index (χ0v) is 49.3. The summed E-state index contributed by atoms with van der Waals surface area (Å²) in [5.74, 6) is 2.07. The summed E-state index contributed by atoms with van der Waals surface area (Å²) >= 11 is 0. The molecule has 0 unspecified atom stereocenters. The van der Waals surface area contributed by atoms with Crippen LogP contribution in [0.1, 0.15) is 162 Å². The third kappa shape index (κ3) is 47.9. The third-order valence-corrected chi connectivity index (χ3v) is 12.4. The molecule has 4 nitrogen and oxygen atoms in total. The van der Waals surface area contributed by atoms with Crippen LogP contribution in [-0.2, 0) is 61.3 Å². The standard InChI is InChI=1S/2C20H28N2.2C5H10.CH4.BF4.2BF3.2FH.2Fe.HI.Na/c2*1-21-14-9-19(10-15-21)20-11-16-22(17-12-20)13-5-4-8-18-6-2-3-7-18;2*1-2-4-5-3-1;;2-1(3,4)5;2*2-1(3)4;;;;;;/h2*9-12,14-18H,2-8,13H2,1H3;2*1-5H2;1H4;;;;2*1H;;;1H;/q2*+2;;;;-1;;;;;;;;+1/p-3. The third-order valence-electron chi connectivity index (χ3n) is 12.4. The zero-order chi connectivity index (χ0) is 49.1. The molecule has 0 bridgehead atoms. The van der Waals surface area contributed by atoms with Crippen molar-refractivity contribution in [3.05, 3.63) is 98.1 Å². The van der Waals surface area contributed by atoms with Crippen LogP contribution in [0.3, 0.4) is 0 Å². The molecule has 0 radical (unpaired) electrons. The Morgan fingerprint density at radius 3 is 0.811 bits per heavy atom. The van der Waals surface area contributed by atoms with Gasteiger partial charge in [0.15, 0.2) is 49.6 Å². The Hall–Kier alpha value is -1.28. The van der Waals surface area contributed by atoms with Crippen LogP contribution in [0.5, 0.6) is 0 Å². The van der Waals surface area contributed by atoms with E-state index < -0.39 is 22.3 Å². The van der Waals surface area contributed by atoms with Crippen LogP contribution >= 0.6 is 0 Å². The fourth-order valence-corrected chi connectivity index (χ4v) is 8.81. The van der Waals surface area contributed by atoms with Crippen LogP contribution in [0, 0.1) is 11.8 Å². The molecular formula is C51H80B3F12Fe2IN4Na+. The normalized spacial score (nSPS) is 13.9. The number of hydrogen-bond acceptors (Lipinski definition) is 0. The molecule has 4 heterocycles. The minimum atomic E-state index is -6.00. The van der Waals surface area contributed by atoms with Gasteiger partial charge in [0.1, 0.15) is 27.2 Å². The molecule has 4 saturated carbocycles. The second-order valence-electron chi connectivity index (χ2n) is 18.0. The van der Waals surface area contributed by atoms with Gasteiger partial charge in [-0.15, -0.1) is 0 Å². The number of unbranched alkanes of at least 4 members (excludes halogenated alkanes) is 2. The van der Waals surface area contributed by atoms with Crippen molar-refractivity contribution < 1.29 is 159 Å². The molecule has 0 saturated heterocycles. The smallest absolute Gasteiger partial charge is 1.00 e. The van der Waals surface area contributed by atoms with E-state index in [2.05, 4.69) is 116 Å². The van der Waals surface area contributed by atoms with Gasteiger partial charge in [-0.3, -0.25) is 25.9 Å². The van der Waals surface area contributed by atoms with E-state index in [4.69, 9.17) is 0 Å². The minimum absolute atomic E-state index is 0. The first kappa shape index (κ1) is 84.0. The van der Waals surface area contributed by atoms with E-state index in [1.807, 2.05) is 14.1 Å². The molecule has 8 rings (SSSR count). The topological polar surface area (TPSA) is 15.5 Å².